The lowest BCUT2D eigenvalue weighted by molar-refractivity contribution is -0.141. The highest BCUT2D eigenvalue weighted by Gasteiger charge is 2.26. The molecule has 0 aromatic heterocycles. The van der Waals surface area contributed by atoms with Crippen LogP contribution < -0.4 is 0 Å². The van der Waals surface area contributed by atoms with Gasteiger partial charge >= 0.3 is 5.97 Å². The van der Waals surface area contributed by atoms with Gasteiger partial charge in [0.15, 0.2) is 0 Å². The van der Waals surface area contributed by atoms with E-state index in [1.54, 1.807) is 5.57 Å². The van der Waals surface area contributed by atoms with Crippen LogP contribution >= 0.6 is 0 Å². The Hall–Kier alpha value is -2.88. The summed E-state index contributed by atoms with van der Waals surface area (Å²) in [5, 5.41) is 22.9. The molecule has 2 N–H and O–H groups in total. The molecule has 2 aromatic rings. The molecule has 2 aliphatic carbocycles. The van der Waals surface area contributed by atoms with E-state index in [2.05, 4.69) is 29.4 Å². The highest BCUT2D eigenvalue weighted by molar-refractivity contribution is 6.02. The van der Waals surface area contributed by atoms with Gasteiger partial charge in [0.05, 0.1) is 11.6 Å². The van der Waals surface area contributed by atoms with Gasteiger partial charge in [-0.25, -0.2) is 0 Å². The number of hydrogen-bond donors (Lipinski definition) is 2. The van der Waals surface area contributed by atoms with Crippen LogP contribution in [0.1, 0.15) is 73.6 Å². The lowest BCUT2D eigenvalue weighted by atomic mass is 9.90. The van der Waals surface area contributed by atoms with Crippen LogP contribution in [-0.4, -0.2) is 22.0 Å². The fraction of sp³-hybridized carbons (Fsp3) is 0.407. The van der Waals surface area contributed by atoms with Crippen LogP contribution in [-0.2, 0) is 17.6 Å². The van der Waals surface area contributed by atoms with Gasteiger partial charge in [-0.2, -0.15) is 0 Å². The first-order chi connectivity index (χ1) is 15.2. The van der Waals surface area contributed by atoms with Gasteiger partial charge in [0.2, 0.25) is 0 Å². The first-order valence-electron chi connectivity index (χ1n) is 11.5. The van der Waals surface area contributed by atoms with Gasteiger partial charge < -0.3 is 10.3 Å². The van der Waals surface area contributed by atoms with E-state index in [0.717, 1.165) is 37.7 Å². The molecule has 4 nitrogen and oxygen atoms in total. The number of carbonyl (C=O) groups is 1. The van der Waals surface area contributed by atoms with Crippen molar-refractivity contribution in [2.75, 3.05) is 0 Å². The zero-order valence-electron chi connectivity index (χ0n) is 18.0. The zero-order valence-corrected chi connectivity index (χ0v) is 18.0. The van der Waals surface area contributed by atoms with Crippen molar-refractivity contribution in [3.05, 3.63) is 76.4 Å². The first kappa shape index (κ1) is 21.4. The third-order valence-corrected chi connectivity index (χ3v) is 6.77. The molecule has 0 radical (unpaired) electrons. The molecule has 0 heterocycles. The van der Waals surface area contributed by atoms with Crippen LogP contribution in [0.2, 0.25) is 0 Å². The molecule has 4 rings (SSSR count). The summed E-state index contributed by atoms with van der Waals surface area (Å²) in [5.74, 6) is -1.36. The van der Waals surface area contributed by atoms with Crippen molar-refractivity contribution in [1.82, 2.24) is 0 Å². The topological polar surface area (TPSA) is 69.9 Å². The van der Waals surface area contributed by atoms with Gasteiger partial charge in [0.25, 0.3) is 0 Å². The number of fused-ring (bicyclic) bond motifs is 2. The molecule has 0 saturated heterocycles. The molecule has 1 unspecified atom stereocenters. The molecule has 31 heavy (non-hydrogen) atoms. The van der Waals surface area contributed by atoms with E-state index in [9.17, 15) is 15.1 Å². The van der Waals surface area contributed by atoms with Gasteiger partial charge in [-0.1, -0.05) is 59.6 Å². The second kappa shape index (κ2) is 9.95. The average Bonchev–Trinajstić information content (AvgIpc) is 3.17. The van der Waals surface area contributed by atoms with E-state index < -0.39 is 11.9 Å². The van der Waals surface area contributed by atoms with Crippen molar-refractivity contribution in [3.63, 3.8) is 0 Å². The van der Waals surface area contributed by atoms with Crippen molar-refractivity contribution in [2.24, 2.45) is 11.1 Å². The molecular weight excluding hydrogens is 386 g/mol. The number of oxime groups is 1. The maximum Gasteiger partial charge on any atom is 0.306 e. The Balaban J connectivity index is 1.37. The van der Waals surface area contributed by atoms with Crippen LogP contribution in [0.3, 0.4) is 0 Å². The number of carboxylic acid groups (broad SMARTS) is 1. The predicted molar refractivity (Wildman–Crippen MR) is 124 cm³/mol. The van der Waals surface area contributed by atoms with Crippen molar-refractivity contribution in [2.45, 2.75) is 64.2 Å². The maximum absolute atomic E-state index is 11.9. The van der Waals surface area contributed by atoms with E-state index in [1.165, 1.54) is 41.5 Å². The Labute approximate surface area is 184 Å². The maximum atomic E-state index is 11.9. The third kappa shape index (κ3) is 5.07. The minimum absolute atomic E-state index is 0.253. The monoisotopic (exact) mass is 417 g/mol. The fourth-order valence-electron chi connectivity index (χ4n) is 5.06. The Morgan fingerprint density at radius 2 is 1.84 bits per heavy atom. The summed E-state index contributed by atoms with van der Waals surface area (Å²) >= 11 is 0. The summed E-state index contributed by atoms with van der Waals surface area (Å²) in [6, 6.07) is 16.5. The Morgan fingerprint density at radius 3 is 2.61 bits per heavy atom. The van der Waals surface area contributed by atoms with Gasteiger partial charge in [-0.3, -0.25) is 4.79 Å². The number of nitrogens with zero attached hydrogens (tertiary/aromatic N) is 1. The van der Waals surface area contributed by atoms with E-state index in [0.29, 0.717) is 12.1 Å². The quantitative estimate of drug-likeness (QED) is 0.219. The first-order valence-corrected chi connectivity index (χ1v) is 11.5. The molecule has 0 bridgehead atoms. The molecule has 0 aliphatic heterocycles. The van der Waals surface area contributed by atoms with E-state index in [1.807, 2.05) is 24.3 Å². The molecule has 0 saturated carbocycles. The van der Waals surface area contributed by atoms with Crippen LogP contribution in [0.25, 0.3) is 5.57 Å². The molecular formula is C27H31NO3. The van der Waals surface area contributed by atoms with Crippen molar-refractivity contribution >= 4 is 17.3 Å². The van der Waals surface area contributed by atoms with Crippen LogP contribution in [0.4, 0.5) is 0 Å². The minimum Gasteiger partial charge on any atom is -0.481 e. The number of benzene rings is 2. The SMILES string of the molecule is O=C(O)C(CCCCc1ccccc1)C/C(=N/O)c1ccc2c(c1)CC1=C2CCCC1. The molecule has 0 fully saturated rings. The normalized spacial score (nSPS) is 16.7. The summed E-state index contributed by atoms with van der Waals surface area (Å²) in [5.41, 5.74) is 8.30. The van der Waals surface area contributed by atoms with Gasteiger partial charge in [0.1, 0.15) is 0 Å². The minimum atomic E-state index is -0.820. The van der Waals surface area contributed by atoms with Crippen LogP contribution in [0.5, 0.6) is 0 Å². The van der Waals surface area contributed by atoms with E-state index in [-0.39, 0.29) is 6.42 Å². The number of aryl methyl sites for hydroxylation is 1. The molecule has 2 aliphatic rings. The Bertz CT molecular complexity index is 991. The van der Waals surface area contributed by atoms with Crippen molar-refractivity contribution in [1.29, 1.82) is 0 Å². The zero-order chi connectivity index (χ0) is 21.6. The number of allylic oxidation sites excluding steroid dienone is 2. The summed E-state index contributed by atoms with van der Waals surface area (Å²) in [4.78, 5) is 11.9. The summed E-state index contributed by atoms with van der Waals surface area (Å²) in [6.07, 6.45) is 9.44. The third-order valence-electron chi connectivity index (χ3n) is 6.77. The highest BCUT2D eigenvalue weighted by Crippen LogP contribution is 2.41. The van der Waals surface area contributed by atoms with Gasteiger partial charge in [-0.05, 0) is 85.3 Å². The Morgan fingerprint density at radius 1 is 1.03 bits per heavy atom. The molecule has 0 amide bonds. The number of hydrogen-bond acceptors (Lipinski definition) is 3. The van der Waals surface area contributed by atoms with E-state index in [4.69, 9.17) is 0 Å². The second-order valence-corrected chi connectivity index (χ2v) is 8.86. The predicted octanol–water partition coefficient (Wildman–Crippen LogP) is 6.25. The van der Waals surface area contributed by atoms with Gasteiger partial charge in [0, 0.05) is 6.42 Å². The lowest BCUT2D eigenvalue weighted by Crippen LogP contribution is -2.19. The van der Waals surface area contributed by atoms with Crippen LogP contribution in [0.15, 0.2) is 59.3 Å². The lowest BCUT2D eigenvalue weighted by Gasteiger charge is -2.15. The molecule has 2 aromatic carbocycles. The molecule has 0 spiro atoms. The molecule has 162 valence electrons. The molecule has 1 atom stereocenters. The summed E-state index contributed by atoms with van der Waals surface area (Å²) < 4.78 is 0. The molecule has 4 heteroatoms. The number of unbranched alkanes of at least 4 members (excludes halogenated alkanes) is 1. The Kier molecular flexibility index (Phi) is 6.86. The van der Waals surface area contributed by atoms with Gasteiger partial charge in [-0.15, -0.1) is 0 Å². The van der Waals surface area contributed by atoms with Crippen molar-refractivity contribution in [3.8, 4) is 0 Å². The standard InChI is InChI=1S/C27H31NO3/c29-27(30)22(12-5-4-10-19-8-2-1-3-9-19)18-26(28-31)21-14-15-25-23(17-21)16-20-11-6-7-13-24(20)25/h1-3,8-9,14-15,17,22,31H,4-7,10-13,16,18H2,(H,29,30)/b28-26-. The smallest absolute Gasteiger partial charge is 0.306 e. The summed E-state index contributed by atoms with van der Waals surface area (Å²) in [6.45, 7) is 0. The van der Waals surface area contributed by atoms with Crippen LogP contribution in [0, 0.1) is 5.92 Å². The van der Waals surface area contributed by atoms with Crippen molar-refractivity contribution < 1.29 is 15.1 Å². The average molecular weight is 418 g/mol. The highest BCUT2D eigenvalue weighted by atomic mass is 16.4. The fourth-order valence-corrected chi connectivity index (χ4v) is 5.06. The summed E-state index contributed by atoms with van der Waals surface area (Å²) in [7, 11) is 0. The largest absolute Gasteiger partial charge is 0.481 e. The number of carboxylic acids is 1. The van der Waals surface area contributed by atoms with E-state index >= 15 is 0 Å². The number of aliphatic carboxylic acids is 1. The second-order valence-electron chi connectivity index (χ2n) is 8.86. The number of rotatable bonds is 9.